The van der Waals surface area contributed by atoms with Gasteiger partial charge in [-0.25, -0.2) is 13.2 Å². The van der Waals surface area contributed by atoms with E-state index in [-0.39, 0.29) is 10.9 Å². The van der Waals surface area contributed by atoms with Crippen LogP contribution in [0.5, 0.6) is 5.75 Å². The summed E-state index contributed by atoms with van der Waals surface area (Å²) in [6.45, 7) is 2.42. The van der Waals surface area contributed by atoms with E-state index in [9.17, 15) is 52.9 Å². The molecule has 2 aromatic carbocycles. The first kappa shape index (κ1) is 32.6. The Hall–Kier alpha value is -2.59. The standard InChI is InChI=1S/C16H16F3OS.C7H7F5O5S/c17-16(18,19)11-20-14-7-8-15(21-9-3-4-10-21)13-6-2-1-5-12(13)14;1-3(2)4(13)17-5(6(8,9)10)7(11,12)18(14,15)16/h1-2,5-8H,3-4,9-11H2;5H,1H2,2H3,(H,14,15,16)/q+1;/p-1. The van der Waals surface area contributed by atoms with Crippen LogP contribution in [0.1, 0.15) is 19.8 Å². The van der Waals surface area contributed by atoms with Gasteiger partial charge < -0.3 is 14.0 Å². The summed E-state index contributed by atoms with van der Waals surface area (Å²) >= 11 is 0. The smallest absolute Gasteiger partial charge is 0.432 e. The molecule has 0 amide bonds. The van der Waals surface area contributed by atoms with E-state index in [0.29, 0.717) is 5.75 Å². The maximum atomic E-state index is 12.8. The van der Waals surface area contributed by atoms with Gasteiger partial charge in [0.1, 0.15) is 17.3 Å². The Bertz CT molecular complexity index is 1290. The van der Waals surface area contributed by atoms with Crippen LogP contribution in [0.2, 0.25) is 0 Å². The highest BCUT2D eigenvalue weighted by molar-refractivity contribution is 7.97. The number of alkyl halides is 8. The Kier molecular flexibility index (Phi) is 10.3. The molecule has 1 atom stereocenters. The first-order chi connectivity index (χ1) is 17.8. The summed E-state index contributed by atoms with van der Waals surface area (Å²) in [5.41, 5.74) is -0.677. The average Bonchev–Trinajstić information content (AvgIpc) is 3.33. The fourth-order valence-electron chi connectivity index (χ4n) is 3.32. The van der Waals surface area contributed by atoms with E-state index >= 15 is 0 Å². The molecule has 0 saturated carbocycles. The van der Waals surface area contributed by atoms with E-state index in [1.807, 2.05) is 30.3 Å². The van der Waals surface area contributed by atoms with Crippen molar-refractivity contribution in [3.05, 3.63) is 48.6 Å². The molecule has 0 aliphatic carbocycles. The van der Waals surface area contributed by atoms with Crippen molar-refractivity contribution in [1.29, 1.82) is 0 Å². The zero-order chi connectivity index (χ0) is 29.8. The van der Waals surface area contributed by atoms with Crippen LogP contribution < -0.4 is 4.74 Å². The third-order valence-corrected chi connectivity index (χ3v) is 8.51. The molecule has 39 heavy (non-hydrogen) atoms. The molecule has 6 nitrogen and oxygen atoms in total. The highest BCUT2D eigenvalue weighted by Crippen LogP contribution is 2.38. The number of esters is 1. The molecular formula is C23H22F8O6S2. The van der Waals surface area contributed by atoms with Crippen LogP contribution in [0.3, 0.4) is 0 Å². The zero-order valence-electron chi connectivity index (χ0n) is 20.1. The minimum atomic E-state index is -6.67. The zero-order valence-corrected chi connectivity index (χ0v) is 21.7. The Morgan fingerprint density at radius 1 is 1.00 bits per heavy atom. The first-order valence-corrected chi connectivity index (χ1v) is 13.9. The number of hydrogen-bond donors (Lipinski definition) is 0. The van der Waals surface area contributed by atoms with Crippen LogP contribution in [-0.4, -0.2) is 60.8 Å². The summed E-state index contributed by atoms with van der Waals surface area (Å²) in [5.74, 6) is 0.787. The van der Waals surface area contributed by atoms with Gasteiger partial charge in [-0.1, -0.05) is 24.8 Å². The second-order valence-corrected chi connectivity index (χ2v) is 11.9. The summed E-state index contributed by atoms with van der Waals surface area (Å²) in [6.07, 6.45) is -12.2. The molecule has 1 fully saturated rings. The fourth-order valence-corrected chi connectivity index (χ4v) is 6.26. The lowest BCUT2D eigenvalue weighted by atomic mass is 10.1. The Labute approximate surface area is 221 Å². The van der Waals surface area contributed by atoms with Crippen LogP contribution in [0, 0.1) is 0 Å². The second-order valence-electron chi connectivity index (χ2n) is 8.24. The third kappa shape index (κ3) is 8.70. The number of rotatable bonds is 7. The maximum Gasteiger partial charge on any atom is 0.432 e. The van der Waals surface area contributed by atoms with Crippen molar-refractivity contribution >= 4 is 37.8 Å². The molecular weight excluding hydrogens is 588 g/mol. The van der Waals surface area contributed by atoms with E-state index in [1.165, 1.54) is 29.2 Å². The van der Waals surface area contributed by atoms with Crippen LogP contribution >= 0.6 is 0 Å². The number of benzene rings is 2. The van der Waals surface area contributed by atoms with Crippen molar-refractivity contribution in [2.45, 2.75) is 48.4 Å². The quantitative estimate of drug-likeness (QED) is 0.131. The Morgan fingerprint density at radius 3 is 2.00 bits per heavy atom. The van der Waals surface area contributed by atoms with Crippen molar-refractivity contribution in [3.8, 4) is 5.75 Å². The normalized spacial score (nSPS) is 15.8. The number of fused-ring (bicyclic) bond motifs is 1. The van der Waals surface area contributed by atoms with Gasteiger partial charge in [0.15, 0.2) is 21.6 Å². The molecule has 1 saturated heterocycles. The fraction of sp³-hybridized carbons (Fsp3) is 0.435. The van der Waals surface area contributed by atoms with E-state index < -0.39 is 52.0 Å². The second kappa shape index (κ2) is 12.3. The number of carbonyl (C=O) groups excluding carboxylic acids is 1. The van der Waals surface area contributed by atoms with Gasteiger partial charge in [0.05, 0.1) is 0 Å². The van der Waals surface area contributed by atoms with E-state index in [4.69, 9.17) is 4.74 Å². The van der Waals surface area contributed by atoms with Gasteiger partial charge >= 0.3 is 23.6 Å². The Morgan fingerprint density at radius 2 is 1.54 bits per heavy atom. The lowest BCUT2D eigenvalue weighted by Gasteiger charge is -2.29. The van der Waals surface area contributed by atoms with Crippen LogP contribution in [-0.2, 0) is 30.5 Å². The van der Waals surface area contributed by atoms with Crippen molar-refractivity contribution in [3.63, 3.8) is 0 Å². The van der Waals surface area contributed by atoms with Gasteiger partial charge in [-0.05, 0) is 38.0 Å². The highest BCUT2D eigenvalue weighted by Gasteiger charge is 2.63. The monoisotopic (exact) mass is 610 g/mol. The van der Waals surface area contributed by atoms with Gasteiger partial charge in [-0.15, -0.1) is 0 Å². The molecule has 0 spiro atoms. The predicted molar refractivity (Wildman–Crippen MR) is 125 cm³/mol. The van der Waals surface area contributed by atoms with Gasteiger partial charge in [0.2, 0.25) is 0 Å². The van der Waals surface area contributed by atoms with Crippen molar-refractivity contribution in [2.75, 3.05) is 18.1 Å². The lowest BCUT2D eigenvalue weighted by molar-refractivity contribution is -0.257. The first-order valence-electron chi connectivity index (χ1n) is 10.9. The molecule has 0 radical (unpaired) electrons. The largest absolute Gasteiger partial charge is 0.743 e. The van der Waals surface area contributed by atoms with Crippen molar-refractivity contribution in [1.82, 2.24) is 0 Å². The minimum Gasteiger partial charge on any atom is -0.743 e. The SMILES string of the molecule is C=C(C)C(=O)OC(C(F)(F)F)C(F)(F)S(=O)(=O)[O-].FC(F)(F)COc1ccc([S+]2CCCC2)c2ccccc12. The third-order valence-electron chi connectivity index (χ3n) is 5.09. The summed E-state index contributed by atoms with van der Waals surface area (Å²) in [7, 11) is -6.44. The number of carbonyl (C=O) groups is 1. The molecule has 0 N–H and O–H groups in total. The molecule has 1 unspecified atom stereocenters. The predicted octanol–water partition coefficient (Wildman–Crippen LogP) is 5.73. The van der Waals surface area contributed by atoms with Gasteiger partial charge in [-0.3, -0.25) is 0 Å². The van der Waals surface area contributed by atoms with E-state index in [2.05, 4.69) is 11.3 Å². The van der Waals surface area contributed by atoms with Crippen LogP contribution in [0.4, 0.5) is 35.1 Å². The molecule has 1 aliphatic heterocycles. The minimum absolute atomic E-state index is 0.228. The molecule has 0 aromatic heterocycles. The van der Waals surface area contributed by atoms with E-state index in [1.54, 1.807) is 6.07 Å². The number of ether oxygens (including phenoxy) is 2. The topological polar surface area (TPSA) is 92.7 Å². The summed E-state index contributed by atoms with van der Waals surface area (Å²) in [4.78, 5) is 12.0. The van der Waals surface area contributed by atoms with Gasteiger partial charge in [0.25, 0.3) is 6.10 Å². The molecule has 218 valence electrons. The lowest BCUT2D eigenvalue weighted by Crippen LogP contribution is -2.52. The summed E-state index contributed by atoms with van der Waals surface area (Å²) in [5, 5.41) is -4.03. The summed E-state index contributed by atoms with van der Waals surface area (Å²) in [6, 6.07) is 11.2. The Balaban J connectivity index is 0.000000278. The molecule has 3 rings (SSSR count). The molecule has 0 bridgehead atoms. The summed E-state index contributed by atoms with van der Waals surface area (Å²) < 4.78 is 138. The van der Waals surface area contributed by atoms with Crippen molar-refractivity contribution in [2.24, 2.45) is 0 Å². The number of halogens is 8. The maximum absolute atomic E-state index is 12.8. The average molecular weight is 611 g/mol. The van der Waals surface area contributed by atoms with Gasteiger partial charge in [0, 0.05) is 27.2 Å². The van der Waals surface area contributed by atoms with Gasteiger partial charge in [-0.2, -0.15) is 35.1 Å². The highest BCUT2D eigenvalue weighted by atomic mass is 32.2. The molecule has 1 aliphatic rings. The molecule has 1 heterocycles. The van der Waals surface area contributed by atoms with Crippen molar-refractivity contribution < 1.29 is 62.4 Å². The van der Waals surface area contributed by atoms with Crippen LogP contribution in [0.15, 0.2) is 53.4 Å². The molecule has 16 heteroatoms. The van der Waals surface area contributed by atoms with Crippen LogP contribution in [0.25, 0.3) is 10.8 Å². The number of hydrogen-bond acceptors (Lipinski definition) is 6. The van der Waals surface area contributed by atoms with E-state index in [0.717, 1.165) is 17.7 Å². The molecule has 2 aromatic rings.